The first-order chi connectivity index (χ1) is 15.2. The van der Waals surface area contributed by atoms with Crippen LogP contribution in [0.3, 0.4) is 0 Å². The van der Waals surface area contributed by atoms with Gasteiger partial charge in [0, 0.05) is 25.8 Å². The summed E-state index contributed by atoms with van der Waals surface area (Å²) in [5.74, 6) is 0.0181. The number of hydrogen-bond donors (Lipinski definition) is 2. The Morgan fingerprint density at radius 1 is 1.28 bits per heavy atom. The van der Waals surface area contributed by atoms with Crippen molar-refractivity contribution in [1.82, 2.24) is 4.90 Å². The van der Waals surface area contributed by atoms with E-state index >= 15 is 0 Å². The molecule has 0 aliphatic carbocycles. The van der Waals surface area contributed by atoms with Crippen LogP contribution in [0, 0.1) is 17.8 Å². The number of carboxylic acids is 1. The van der Waals surface area contributed by atoms with Crippen molar-refractivity contribution in [3.63, 3.8) is 0 Å². The molecule has 1 aliphatic heterocycles. The number of carboxylic acid groups (broad SMARTS) is 1. The Bertz CT molecular complexity index is 840. The van der Waals surface area contributed by atoms with E-state index < -0.39 is 36.4 Å². The Hall–Kier alpha value is -2.72. The monoisotopic (exact) mass is 449 g/mol. The van der Waals surface area contributed by atoms with E-state index in [9.17, 15) is 23.5 Å². The molecule has 1 fully saturated rings. The largest absolute Gasteiger partial charge is 0.478 e. The van der Waals surface area contributed by atoms with Crippen molar-refractivity contribution in [3.05, 3.63) is 47.5 Å². The summed E-state index contributed by atoms with van der Waals surface area (Å²) in [5, 5.41) is 19.2. The Balaban J connectivity index is 0.00000249. The van der Waals surface area contributed by atoms with Crippen LogP contribution in [-0.4, -0.2) is 51.6 Å². The number of aliphatic hydroxyl groups is 1. The fourth-order valence-electron chi connectivity index (χ4n) is 3.23. The molecule has 1 aliphatic rings. The zero-order valence-electron chi connectivity index (χ0n) is 19.1. The molecule has 3 atom stereocenters. The Morgan fingerprint density at radius 3 is 2.47 bits per heavy atom. The number of nitrogens with zero attached hydrogens (tertiary/aromatic N) is 1. The lowest BCUT2D eigenvalue weighted by Crippen LogP contribution is -2.37. The van der Waals surface area contributed by atoms with Gasteiger partial charge in [-0.25, -0.2) is 4.79 Å². The van der Waals surface area contributed by atoms with Crippen LogP contribution in [0.5, 0.6) is 0 Å². The number of amides is 1. The summed E-state index contributed by atoms with van der Waals surface area (Å²) in [5.41, 5.74) is 0.879. The molecule has 2 unspecified atom stereocenters. The number of halogens is 2. The van der Waals surface area contributed by atoms with Crippen LogP contribution in [-0.2, 0) is 11.2 Å². The molecule has 2 N–H and O–H groups in total. The number of carbonyl (C=O) groups is 2. The number of aliphatic hydroxyl groups excluding tert-OH is 1. The van der Waals surface area contributed by atoms with Crippen LogP contribution in [0.2, 0.25) is 0 Å². The minimum absolute atomic E-state index is 0.0729. The molecule has 1 heterocycles. The zero-order chi connectivity index (χ0) is 24.3. The molecule has 1 amide bonds. The highest BCUT2D eigenvalue weighted by atomic mass is 19.3. The van der Waals surface area contributed by atoms with E-state index in [0.29, 0.717) is 12.8 Å². The van der Waals surface area contributed by atoms with E-state index in [1.807, 2.05) is 27.7 Å². The zero-order valence-corrected chi connectivity index (χ0v) is 19.1. The predicted octanol–water partition coefficient (Wildman–Crippen LogP) is 4.55. The molecule has 0 spiro atoms. The summed E-state index contributed by atoms with van der Waals surface area (Å²) in [7, 11) is 0. The van der Waals surface area contributed by atoms with Crippen LogP contribution in [0.25, 0.3) is 0 Å². The molecule has 1 aromatic carbocycles. The summed E-state index contributed by atoms with van der Waals surface area (Å²) < 4.78 is 28.0. The molecule has 0 saturated carbocycles. The third-order valence-electron chi connectivity index (χ3n) is 5.12. The van der Waals surface area contributed by atoms with Crippen molar-refractivity contribution >= 4 is 11.9 Å². The summed E-state index contributed by atoms with van der Waals surface area (Å²) in [6.45, 7) is 7.83. The van der Waals surface area contributed by atoms with Gasteiger partial charge in [-0.1, -0.05) is 52.0 Å². The maximum atomic E-state index is 14.0. The molecule has 0 radical (unpaired) electrons. The normalized spacial score (nSPS) is 19.0. The summed E-state index contributed by atoms with van der Waals surface area (Å²) in [6.07, 6.45) is 3.01. The van der Waals surface area contributed by atoms with E-state index in [-0.39, 0.29) is 18.0 Å². The van der Waals surface area contributed by atoms with Gasteiger partial charge in [0.05, 0.1) is 17.7 Å². The van der Waals surface area contributed by atoms with Crippen molar-refractivity contribution < 1.29 is 28.6 Å². The quantitative estimate of drug-likeness (QED) is 0.451. The van der Waals surface area contributed by atoms with Gasteiger partial charge < -0.3 is 15.1 Å². The highest BCUT2D eigenvalue weighted by Crippen LogP contribution is 2.34. The van der Waals surface area contributed by atoms with Gasteiger partial charge in [-0.05, 0) is 30.0 Å². The first kappa shape index (κ1) is 27.3. The maximum absolute atomic E-state index is 14.0. The van der Waals surface area contributed by atoms with Gasteiger partial charge in [-0.3, -0.25) is 4.79 Å². The Kier molecular flexibility index (Phi) is 11.1. The molecule has 0 bridgehead atoms. The lowest BCUT2D eigenvalue weighted by Gasteiger charge is -2.22. The summed E-state index contributed by atoms with van der Waals surface area (Å²) >= 11 is 0. The maximum Gasteiger partial charge on any atom is 0.335 e. The highest BCUT2D eigenvalue weighted by molar-refractivity contribution is 5.87. The number of likely N-dealkylation sites (tertiary alicyclic amines) is 1. The van der Waals surface area contributed by atoms with Gasteiger partial charge in [0.2, 0.25) is 0 Å². The molecule has 2 rings (SSSR count). The lowest BCUT2D eigenvalue weighted by atomic mass is 9.99. The Labute approximate surface area is 189 Å². The number of hydrogen-bond acceptors (Lipinski definition) is 3. The topological polar surface area (TPSA) is 77.8 Å². The molecule has 32 heavy (non-hydrogen) atoms. The second-order valence-electron chi connectivity index (χ2n) is 7.49. The van der Waals surface area contributed by atoms with Crippen LogP contribution in [0.4, 0.5) is 8.78 Å². The van der Waals surface area contributed by atoms with E-state index in [0.717, 1.165) is 16.9 Å². The third-order valence-corrected chi connectivity index (χ3v) is 5.12. The molecule has 7 heteroatoms. The van der Waals surface area contributed by atoms with E-state index in [2.05, 4.69) is 11.8 Å². The average molecular weight is 450 g/mol. The molecule has 1 aromatic rings. The first-order valence-electron chi connectivity index (χ1n) is 11.0. The van der Waals surface area contributed by atoms with Gasteiger partial charge in [0.1, 0.15) is 0 Å². The van der Waals surface area contributed by atoms with E-state index in [1.165, 1.54) is 24.3 Å². The highest BCUT2D eigenvalue weighted by Gasteiger charge is 2.52. The lowest BCUT2D eigenvalue weighted by molar-refractivity contribution is -0.148. The number of benzene rings is 1. The predicted molar refractivity (Wildman–Crippen MR) is 121 cm³/mol. The van der Waals surface area contributed by atoms with Gasteiger partial charge >= 0.3 is 11.9 Å². The van der Waals surface area contributed by atoms with E-state index in [4.69, 9.17) is 5.11 Å². The van der Waals surface area contributed by atoms with Crippen molar-refractivity contribution in [2.24, 2.45) is 5.92 Å². The molecular weight excluding hydrogens is 416 g/mol. The average Bonchev–Trinajstić information content (AvgIpc) is 3.00. The van der Waals surface area contributed by atoms with Gasteiger partial charge in [-0.15, -0.1) is 11.8 Å². The van der Waals surface area contributed by atoms with Crippen LogP contribution in [0.15, 0.2) is 36.4 Å². The van der Waals surface area contributed by atoms with Gasteiger partial charge in [0.25, 0.3) is 5.91 Å². The number of carbonyl (C=O) groups excluding carboxylic acids is 1. The smallest absolute Gasteiger partial charge is 0.335 e. The van der Waals surface area contributed by atoms with Crippen LogP contribution < -0.4 is 0 Å². The molecule has 0 aromatic heterocycles. The van der Waals surface area contributed by atoms with Gasteiger partial charge in [-0.2, -0.15) is 8.78 Å². The molecule has 1 saturated heterocycles. The Morgan fingerprint density at radius 2 is 1.91 bits per heavy atom. The van der Waals surface area contributed by atoms with Crippen molar-refractivity contribution in [1.29, 1.82) is 0 Å². The summed E-state index contributed by atoms with van der Waals surface area (Å²) in [6, 6.07) is 5.28. The first-order valence-corrected chi connectivity index (χ1v) is 11.0. The third kappa shape index (κ3) is 7.76. The SMILES string of the molecule is CC.CCC#CCC(C)[C@H](O)/C=C/C1CC(F)(F)C(=O)N1CCc1ccc(C(=O)O)cc1. The van der Waals surface area contributed by atoms with Crippen molar-refractivity contribution in [3.8, 4) is 11.8 Å². The molecule has 5 nitrogen and oxygen atoms in total. The second-order valence-corrected chi connectivity index (χ2v) is 7.49. The minimum Gasteiger partial charge on any atom is -0.478 e. The minimum atomic E-state index is -3.44. The fraction of sp³-hybridized carbons (Fsp3) is 0.520. The van der Waals surface area contributed by atoms with Gasteiger partial charge in [0.15, 0.2) is 0 Å². The second kappa shape index (κ2) is 13.0. The van der Waals surface area contributed by atoms with Crippen LogP contribution in [0.1, 0.15) is 62.9 Å². The fourth-order valence-corrected chi connectivity index (χ4v) is 3.23. The van der Waals surface area contributed by atoms with Crippen molar-refractivity contribution in [2.75, 3.05) is 6.54 Å². The number of rotatable bonds is 8. The molecular formula is C25H33F2NO4. The van der Waals surface area contributed by atoms with Crippen molar-refractivity contribution in [2.45, 2.75) is 71.4 Å². The number of aromatic carboxylic acids is 1. The standard InChI is InChI=1S/C23H27F2NO4.C2H6/c1-3-4-5-6-16(2)20(27)12-11-19-15-23(24,25)22(30)26(19)14-13-17-7-9-18(10-8-17)21(28)29;1-2/h7-12,16,19-20,27H,3,6,13-15H2,1-2H3,(H,28,29);1-2H3/b12-11+;/t16?,19?,20-;/m1./s1. The number of alkyl halides is 2. The molecule has 176 valence electrons. The van der Waals surface area contributed by atoms with E-state index in [1.54, 1.807) is 12.1 Å². The van der Waals surface area contributed by atoms with Crippen LogP contribution >= 0.6 is 0 Å². The summed E-state index contributed by atoms with van der Waals surface area (Å²) in [4.78, 5) is 24.2.